The summed E-state index contributed by atoms with van der Waals surface area (Å²) in [6.45, 7) is 4.46. The highest BCUT2D eigenvalue weighted by Gasteiger charge is 2.44. The first kappa shape index (κ1) is 21.2. The van der Waals surface area contributed by atoms with Crippen LogP contribution in [-0.2, 0) is 11.3 Å². The molecule has 0 aliphatic heterocycles. The molecule has 1 N–H and O–H groups in total. The lowest BCUT2D eigenvalue weighted by atomic mass is 10.1. The standard InChI is InChI=1S/C24H26ClN3O3/c1-14-23(26-24(29)20-12-19(20)17-6-8-18(25)9-7-17)15(2)28(27-14)13-16-5-10-21(30-3)22(11-16)31-4/h5-11,19-20H,12-13H2,1-4H3,(H,26,29). The van der Waals surface area contributed by atoms with Crippen molar-refractivity contribution in [2.75, 3.05) is 19.5 Å². The Morgan fingerprint density at radius 2 is 1.84 bits per heavy atom. The molecule has 1 aliphatic carbocycles. The minimum atomic E-state index is -0.0193. The maximum absolute atomic E-state index is 12.8. The van der Waals surface area contributed by atoms with Crippen molar-refractivity contribution in [3.63, 3.8) is 0 Å². The molecule has 0 radical (unpaired) electrons. The van der Waals surface area contributed by atoms with Crippen LogP contribution in [0, 0.1) is 19.8 Å². The predicted octanol–water partition coefficient (Wildman–Crippen LogP) is 4.96. The van der Waals surface area contributed by atoms with E-state index >= 15 is 0 Å². The van der Waals surface area contributed by atoms with Gasteiger partial charge in [0.2, 0.25) is 5.91 Å². The lowest BCUT2D eigenvalue weighted by Crippen LogP contribution is -2.16. The van der Waals surface area contributed by atoms with Gasteiger partial charge in [0.1, 0.15) is 0 Å². The molecule has 31 heavy (non-hydrogen) atoms. The molecule has 6 nitrogen and oxygen atoms in total. The number of nitrogens with one attached hydrogen (secondary N) is 1. The molecule has 3 aromatic rings. The minimum absolute atomic E-state index is 0.0193. The van der Waals surface area contributed by atoms with E-state index in [-0.39, 0.29) is 17.7 Å². The van der Waals surface area contributed by atoms with Gasteiger partial charge in [-0.15, -0.1) is 0 Å². The Balaban J connectivity index is 1.46. The van der Waals surface area contributed by atoms with Crippen molar-refractivity contribution >= 4 is 23.2 Å². The van der Waals surface area contributed by atoms with Gasteiger partial charge < -0.3 is 14.8 Å². The second kappa shape index (κ2) is 8.63. The first-order chi connectivity index (χ1) is 14.9. The van der Waals surface area contributed by atoms with Crippen LogP contribution in [0.4, 0.5) is 5.69 Å². The van der Waals surface area contributed by atoms with Gasteiger partial charge in [0.25, 0.3) is 0 Å². The number of anilines is 1. The molecular formula is C24H26ClN3O3. The molecule has 1 aromatic heterocycles. The zero-order valence-electron chi connectivity index (χ0n) is 18.1. The molecule has 0 bridgehead atoms. The molecule has 0 saturated heterocycles. The van der Waals surface area contributed by atoms with Gasteiger partial charge in [0, 0.05) is 10.9 Å². The Hall–Kier alpha value is -2.99. The number of rotatable bonds is 7. The van der Waals surface area contributed by atoms with Crippen LogP contribution in [0.5, 0.6) is 11.5 Å². The van der Waals surface area contributed by atoms with Gasteiger partial charge in [0.15, 0.2) is 11.5 Å². The summed E-state index contributed by atoms with van der Waals surface area (Å²) in [5, 5.41) is 8.45. The molecule has 7 heteroatoms. The van der Waals surface area contributed by atoms with Crippen LogP contribution in [0.25, 0.3) is 0 Å². The summed E-state index contributed by atoms with van der Waals surface area (Å²) in [6.07, 6.45) is 0.853. The fourth-order valence-corrected chi connectivity index (χ4v) is 4.09. The Bertz CT molecular complexity index is 1110. The van der Waals surface area contributed by atoms with Crippen molar-refractivity contribution in [3.05, 3.63) is 70.0 Å². The van der Waals surface area contributed by atoms with Crippen molar-refractivity contribution < 1.29 is 14.3 Å². The quantitative estimate of drug-likeness (QED) is 0.565. The van der Waals surface area contributed by atoms with Gasteiger partial charge in [-0.05, 0) is 61.6 Å². The fourth-order valence-electron chi connectivity index (χ4n) is 3.96. The molecule has 0 spiro atoms. The zero-order chi connectivity index (χ0) is 22.1. The number of aryl methyl sites for hydroxylation is 1. The van der Waals surface area contributed by atoms with E-state index in [0.29, 0.717) is 23.1 Å². The lowest BCUT2D eigenvalue weighted by Gasteiger charge is -2.11. The number of carbonyl (C=O) groups excluding carboxylic acids is 1. The van der Waals surface area contributed by atoms with Gasteiger partial charge in [-0.3, -0.25) is 9.48 Å². The number of carbonyl (C=O) groups is 1. The Kier molecular flexibility index (Phi) is 5.92. The molecular weight excluding hydrogens is 414 g/mol. The maximum atomic E-state index is 12.8. The van der Waals surface area contributed by atoms with Crippen LogP contribution >= 0.6 is 11.6 Å². The SMILES string of the molecule is COc1ccc(Cn2nc(C)c(NC(=O)C3CC3c3ccc(Cl)cc3)c2C)cc1OC. The van der Waals surface area contributed by atoms with E-state index in [2.05, 4.69) is 10.4 Å². The van der Waals surface area contributed by atoms with Crippen LogP contribution in [0.3, 0.4) is 0 Å². The Labute approximate surface area is 187 Å². The summed E-state index contributed by atoms with van der Waals surface area (Å²) in [4.78, 5) is 12.8. The summed E-state index contributed by atoms with van der Waals surface area (Å²) in [6, 6.07) is 13.5. The molecule has 2 aromatic carbocycles. The van der Waals surface area contributed by atoms with Crippen LogP contribution < -0.4 is 14.8 Å². The normalized spacial score (nSPS) is 17.3. The molecule has 162 valence electrons. The van der Waals surface area contributed by atoms with Crippen LogP contribution in [0.15, 0.2) is 42.5 Å². The van der Waals surface area contributed by atoms with Crippen molar-refractivity contribution in [2.24, 2.45) is 5.92 Å². The number of ether oxygens (including phenoxy) is 2. The number of hydrogen-bond donors (Lipinski definition) is 1. The maximum Gasteiger partial charge on any atom is 0.228 e. The molecule has 1 aliphatic rings. The van der Waals surface area contributed by atoms with Gasteiger partial charge in [0.05, 0.1) is 37.8 Å². The van der Waals surface area contributed by atoms with Gasteiger partial charge in [-0.2, -0.15) is 5.10 Å². The third-order valence-corrected chi connectivity index (χ3v) is 6.09. The van der Waals surface area contributed by atoms with Crippen molar-refractivity contribution in [2.45, 2.75) is 32.7 Å². The topological polar surface area (TPSA) is 65.4 Å². The Morgan fingerprint density at radius 1 is 1.13 bits per heavy atom. The highest BCUT2D eigenvalue weighted by molar-refractivity contribution is 6.30. The average molecular weight is 440 g/mol. The molecule has 4 rings (SSSR count). The predicted molar refractivity (Wildman–Crippen MR) is 121 cm³/mol. The van der Waals surface area contributed by atoms with Crippen LogP contribution in [-0.4, -0.2) is 29.9 Å². The fraction of sp³-hybridized carbons (Fsp3) is 0.333. The average Bonchev–Trinajstić information content (AvgIpc) is 3.53. The van der Waals surface area contributed by atoms with E-state index in [1.807, 2.05) is 61.0 Å². The van der Waals surface area contributed by atoms with E-state index < -0.39 is 0 Å². The molecule has 1 heterocycles. The molecule has 2 atom stereocenters. The van der Waals surface area contributed by atoms with Crippen LogP contribution in [0.2, 0.25) is 5.02 Å². The number of hydrogen-bond acceptors (Lipinski definition) is 4. The number of methoxy groups -OCH3 is 2. The summed E-state index contributed by atoms with van der Waals surface area (Å²) >= 11 is 5.97. The lowest BCUT2D eigenvalue weighted by molar-refractivity contribution is -0.117. The highest BCUT2D eigenvalue weighted by Crippen LogP contribution is 2.48. The zero-order valence-corrected chi connectivity index (χ0v) is 18.9. The molecule has 1 saturated carbocycles. The minimum Gasteiger partial charge on any atom is -0.493 e. The van der Waals surface area contributed by atoms with Crippen LogP contribution in [0.1, 0.15) is 34.9 Å². The van der Waals surface area contributed by atoms with Gasteiger partial charge in [-0.1, -0.05) is 29.8 Å². The van der Waals surface area contributed by atoms with Crippen molar-refractivity contribution in [3.8, 4) is 11.5 Å². The summed E-state index contributed by atoms with van der Waals surface area (Å²) in [5.41, 5.74) is 4.69. The summed E-state index contributed by atoms with van der Waals surface area (Å²) in [7, 11) is 3.23. The Morgan fingerprint density at radius 3 is 2.52 bits per heavy atom. The van der Waals surface area contributed by atoms with E-state index in [9.17, 15) is 4.79 Å². The second-order valence-corrected chi connectivity index (χ2v) is 8.32. The number of benzene rings is 2. The van der Waals surface area contributed by atoms with E-state index in [0.717, 1.165) is 34.6 Å². The summed E-state index contributed by atoms with van der Waals surface area (Å²) < 4.78 is 12.6. The van der Waals surface area contributed by atoms with Crippen molar-refractivity contribution in [1.82, 2.24) is 9.78 Å². The van der Waals surface area contributed by atoms with Crippen molar-refractivity contribution in [1.29, 1.82) is 0 Å². The van der Waals surface area contributed by atoms with Gasteiger partial charge in [-0.25, -0.2) is 0 Å². The van der Waals surface area contributed by atoms with E-state index in [4.69, 9.17) is 21.1 Å². The van der Waals surface area contributed by atoms with E-state index in [1.165, 1.54) is 0 Å². The number of aromatic nitrogens is 2. The largest absolute Gasteiger partial charge is 0.493 e. The number of halogens is 1. The second-order valence-electron chi connectivity index (χ2n) is 7.88. The first-order valence-electron chi connectivity index (χ1n) is 10.2. The summed E-state index contributed by atoms with van der Waals surface area (Å²) in [5.74, 6) is 1.63. The number of nitrogens with zero attached hydrogens (tertiary/aromatic N) is 2. The molecule has 2 unspecified atom stereocenters. The molecule has 1 amide bonds. The smallest absolute Gasteiger partial charge is 0.228 e. The van der Waals surface area contributed by atoms with E-state index in [1.54, 1.807) is 14.2 Å². The third kappa shape index (κ3) is 4.39. The van der Waals surface area contributed by atoms with Gasteiger partial charge >= 0.3 is 0 Å². The first-order valence-corrected chi connectivity index (χ1v) is 10.6. The highest BCUT2D eigenvalue weighted by atomic mass is 35.5. The molecule has 1 fully saturated rings. The number of amides is 1. The monoisotopic (exact) mass is 439 g/mol. The third-order valence-electron chi connectivity index (χ3n) is 5.84.